The van der Waals surface area contributed by atoms with Gasteiger partial charge in [-0.2, -0.15) is 0 Å². The fourth-order valence-corrected chi connectivity index (χ4v) is 1.29. The monoisotopic (exact) mass is 150 g/mol. The first-order valence-electron chi connectivity index (χ1n) is 3.60. The van der Waals surface area contributed by atoms with Crippen molar-refractivity contribution in [1.29, 1.82) is 0 Å². The summed E-state index contributed by atoms with van der Waals surface area (Å²) in [6.07, 6.45) is 0. The van der Waals surface area contributed by atoms with Crippen LogP contribution in [0.15, 0.2) is 24.3 Å². The van der Waals surface area contributed by atoms with Crippen LogP contribution in [0.5, 0.6) is 0 Å². The zero-order valence-electron chi connectivity index (χ0n) is 6.12. The Labute approximate surface area is 65.3 Å². The quantitative estimate of drug-likeness (QED) is 0.622. The van der Waals surface area contributed by atoms with E-state index < -0.39 is 0 Å². The Morgan fingerprint density at radius 3 is 3.09 bits per heavy atom. The van der Waals surface area contributed by atoms with E-state index in [4.69, 9.17) is 5.11 Å². The fourth-order valence-electron chi connectivity index (χ4n) is 1.29. The van der Waals surface area contributed by atoms with Crippen LogP contribution in [-0.2, 0) is 0 Å². The molecule has 1 aliphatic rings. The topological polar surface area (TPSA) is 35.5 Å². The predicted molar refractivity (Wildman–Crippen MR) is 44.5 cm³/mol. The maximum Gasteiger partial charge on any atom is 0.117 e. The standard InChI is InChI=1S/C8H10N2O/c11-6-10-5-9-7-3-1-2-4-8(7)10/h1-4,9,11H,5-6H2. The molecule has 0 bridgehead atoms. The van der Waals surface area contributed by atoms with Crippen LogP contribution in [0, 0.1) is 0 Å². The van der Waals surface area contributed by atoms with E-state index in [1.807, 2.05) is 29.2 Å². The number of fused-ring (bicyclic) bond motifs is 1. The molecule has 2 N–H and O–H groups in total. The molecule has 1 aromatic carbocycles. The van der Waals surface area contributed by atoms with Crippen LogP contribution in [0.3, 0.4) is 0 Å². The SMILES string of the molecule is OCN1CNc2ccccc21. The van der Waals surface area contributed by atoms with Crippen molar-refractivity contribution in [3.8, 4) is 0 Å². The third-order valence-electron chi connectivity index (χ3n) is 1.88. The minimum absolute atomic E-state index is 0.0734. The van der Waals surface area contributed by atoms with Crippen LogP contribution in [0.25, 0.3) is 0 Å². The molecule has 0 spiro atoms. The summed E-state index contributed by atoms with van der Waals surface area (Å²) >= 11 is 0. The van der Waals surface area contributed by atoms with Crippen molar-refractivity contribution in [3.05, 3.63) is 24.3 Å². The molecule has 0 atom stereocenters. The van der Waals surface area contributed by atoms with Crippen molar-refractivity contribution in [3.63, 3.8) is 0 Å². The molecule has 11 heavy (non-hydrogen) atoms. The molecule has 0 saturated heterocycles. The Morgan fingerprint density at radius 1 is 1.45 bits per heavy atom. The Bertz CT molecular complexity index is 262. The van der Waals surface area contributed by atoms with Gasteiger partial charge in [0.2, 0.25) is 0 Å². The summed E-state index contributed by atoms with van der Waals surface area (Å²) in [6.45, 7) is 0.778. The lowest BCUT2D eigenvalue weighted by molar-refractivity contribution is 0.295. The number of rotatable bonds is 1. The van der Waals surface area contributed by atoms with E-state index in [1.165, 1.54) is 0 Å². The molecule has 2 rings (SSSR count). The van der Waals surface area contributed by atoms with E-state index in [1.54, 1.807) is 0 Å². The van der Waals surface area contributed by atoms with Gasteiger partial charge in [-0.1, -0.05) is 12.1 Å². The summed E-state index contributed by atoms with van der Waals surface area (Å²) in [5.74, 6) is 0. The summed E-state index contributed by atoms with van der Waals surface area (Å²) in [7, 11) is 0. The Hall–Kier alpha value is -1.22. The summed E-state index contributed by atoms with van der Waals surface area (Å²) in [4.78, 5) is 1.87. The minimum atomic E-state index is 0.0734. The van der Waals surface area contributed by atoms with E-state index in [9.17, 15) is 0 Å². The maximum absolute atomic E-state index is 8.90. The second-order valence-electron chi connectivity index (χ2n) is 2.53. The molecule has 0 aromatic heterocycles. The van der Waals surface area contributed by atoms with Gasteiger partial charge >= 0.3 is 0 Å². The molecule has 0 fully saturated rings. The lowest BCUT2D eigenvalue weighted by atomic mass is 10.3. The number of aliphatic hydroxyl groups is 1. The van der Waals surface area contributed by atoms with Crippen molar-refractivity contribution in [2.24, 2.45) is 0 Å². The van der Waals surface area contributed by atoms with Crippen molar-refractivity contribution in [2.45, 2.75) is 0 Å². The van der Waals surface area contributed by atoms with Gasteiger partial charge in [0.25, 0.3) is 0 Å². The van der Waals surface area contributed by atoms with Crippen LogP contribution in [0.1, 0.15) is 0 Å². The molecule has 1 heterocycles. The van der Waals surface area contributed by atoms with E-state index >= 15 is 0 Å². The lowest BCUT2D eigenvalue weighted by Gasteiger charge is -2.12. The first kappa shape index (κ1) is 6.49. The van der Waals surface area contributed by atoms with Gasteiger partial charge in [0.15, 0.2) is 0 Å². The first-order chi connectivity index (χ1) is 5.42. The molecule has 0 unspecified atom stereocenters. The largest absolute Gasteiger partial charge is 0.376 e. The normalized spacial score (nSPS) is 14.5. The highest BCUT2D eigenvalue weighted by molar-refractivity contribution is 5.74. The fraction of sp³-hybridized carbons (Fsp3) is 0.250. The van der Waals surface area contributed by atoms with Crippen molar-refractivity contribution < 1.29 is 5.11 Å². The number of para-hydroxylation sites is 2. The van der Waals surface area contributed by atoms with Crippen LogP contribution >= 0.6 is 0 Å². The first-order valence-corrected chi connectivity index (χ1v) is 3.60. The molecule has 0 radical (unpaired) electrons. The number of nitrogens with one attached hydrogen (secondary N) is 1. The lowest BCUT2D eigenvalue weighted by Crippen LogP contribution is -2.23. The van der Waals surface area contributed by atoms with E-state index in [0.717, 1.165) is 11.4 Å². The Balaban J connectivity index is 2.39. The molecule has 0 aliphatic carbocycles. The van der Waals surface area contributed by atoms with Gasteiger partial charge in [0.1, 0.15) is 6.73 Å². The highest BCUT2D eigenvalue weighted by Crippen LogP contribution is 2.29. The Kier molecular flexibility index (Phi) is 1.43. The van der Waals surface area contributed by atoms with E-state index in [2.05, 4.69) is 5.32 Å². The number of nitrogens with zero attached hydrogens (tertiary/aromatic N) is 1. The third kappa shape index (κ3) is 0.935. The van der Waals surface area contributed by atoms with Gasteiger partial charge in [-0.3, -0.25) is 0 Å². The van der Waals surface area contributed by atoms with Crippen LogP contribution < -0.4 is 10.2 Å². The van der Waals surface area contributed by atoms with Crippen molar-refractivity contribution >= 4 is 11.4 Å². The number of aliphatic hydroxyl groups excluding tert-OH is 1. The van der Waals surface area contributed by atoms with E-state index in [-0.39, 0.29) is 6.73 Å². The molecular weight excluding hydrogens is 140 g/mol. The van der Waals surface area contributed by atoms with Crippen LogP contribution in [0.2, 0.25) is 0 Å². The van der Waals surface area contributed by atoms with Crippen LogP contribution in [0.4, 0.5) is 11.4 Å². The zero-order valence-corrected chi connectivity index (χ0v) is 6.12. The zero-order chi connectivity index (χ0) is 7.68. The Morgan fingerprint density at radius 2 is 2.27 bits per heavy atom. The van der Waals surface area contributed by atoms with Crippen molar-refractivity contribution in [2.75, 3.05) is 23.6 Å². The summed E-state index contributed by atoms with van der Waals surface area (Å²) in [5.41, 5.74) is 2.18. The molecular formula is C8H10N2O. The molecule has 1 aliphatic heterocycles. The summed E-state index contributed by atoms with van der Waals surface area (Å²) < 4.78 is 0. The molecule has 3 heteroatoms. The smallest absolute Gasteiger partial charge is 0.117 e. The molecule has 0 amide bonds. The summed E-state index contributed by atoms with van der Waals surface area (Å²) in [5, 5.41) is 12.1. The number of benzene rings is 1. The average molecular weight is 150 g/mol. The average Bonchev–Trinajstić information content (AvgIpc) is 2.47. The van der Waals surface area contributed by atoms with Gasteiger partial charge < -0.3 is 15.3 Å². The van der Waals surface area contributed by atoms with Crippen LogP contribution in [-0.4, -0.2) is 18.5 Å². The van der Waals surface area contributed by atoms with Gasteiger partial charge in [0.05, 0.1) is 18.0 Å². The molecule has 1 aromatic rings. The van der Waals surface area contributed by atoms with Gasteiger partial charge in [-0.15, -0.1) is 0 Å². The third-order valence-corrected chi connectivity index (χ3v) is 1.88. The maximum atomic E-state index is 8.90. The number of hydrogen-bond donors (Lipinski definition) is 2. The molecule has 3 nitrogen and oxygen atoms in total. The van der Waals surface area contributed by atoms with Gasteiger partial charge in [-0.05, 0) is 12.1 Å². The van der Waals surface area contributed by atoms with Crippen molar-refractivity contribution in [1.82, 2.24) is 0 Å². The molecule has 58 valence electrons. The number of hydrogen-bond acceptors (Lipinski definition) is 3. The highest BCUT2D eigenvalue weighted by Gasteiger charge is 2.15. The second kappa shape index (κ2) is 2.43. The second-order valence-corrected chi connectivity index (χ2v) is 2.53. The summed E-state index contributed by atoms with van der Waals surface area (Å²) in [6, 6.07) is 7.94. The molecule has 0 saturated carbocycles. The minimum Gasteiger partial charge on any atom is -0.376 e. The predicted octanol–water partition coefficient (Wildman–Crippen LogP) is 0.826. The van der Waals surface area contributed by atoms with Gasteiger partial charge in [-0.25, -0.2) is 0 Å². The highest BCUT2D eigenvalue weighted by atomic mass is 16.3. The number of anilines is 2. The van der Waals surface area contributed by atoms with E-state index in [0.29, 0.717) is 6.67 Å². The van der Waals surface area contributed by atoms with Gasteiger partial charge in [0, 0.05) is 0 Å².